The van der Waals surface area contributed by atoms with Crippen molar-refractivity contribution in [1.82, 2.24) is 15.5 Å². The van der Waals surface area contributed by atoms with Crippen molar-refractivity contribution in [3.63, 3.8) is 0 Å². The zero-order valence-corrected chi connectivity index (χ0v) is 14.8. The van der Waals surface area contributed by atoms with Gasteiger partial charge < -0.3 is 20.0 Å². The zero-order valence-electron chi connectivity index (χ0n) is 14.8. The third-order valence-corrected chi connectivity index (χ3v) is 5.57. The number of urea groups is 1. The molecule has 2 heterocycles. The smallest absolute Gasteiger partial charge is 0.318 e. The molecule has 0 bridgehead atoms. The van der Waals surface area contributed by atoms with Gasteiger partial charge in [-0.15, -0.1) is 0 Å². The molecular weight excluding hydrogens is 318 g/mol. The molecule has 3 atom stereocenters. The second kappa shape index (κ2) is 6.73. The molecule has 2 saturated carbocycles. The van der Waals surface area contributed by atoms with Gasteiger partial charge in [-0.3, -0.25) is 4.79 Å². The minimum atomic E-state index is -0.421. The van der Waals surface area contributed by atoms with Gasteiger partial charge in [0.15, 0.2) is 0 Å². The van der Waals surface area contributed by atoms with E-state index < -0.39 is 6.04 Å². The first-order valence-electron chi connectivity index (χ1n) is 9.55. The van der Waals surface area contributed by atoms with Gasteiger partial charge in [0.25, 0.3) is 0 Å². The first kappa shape index (κ1) is 16.5. The summed E-state index contributed by atoms with van der Waals surface area (Å²) in [6, 6.07) is 3.73. The first-order valence-corrected chi connectivity index (χ1v) is 9.55. The third kappa shape index (κ3) is 3.83. The minimum Gasteiger partial charge on any atom is -0.464 e. The Kier molecular flexibility index (Phi) is 4.44. The first-order chi connectivity index (χ1) is 12.1. The lowest BCUT2D eigenvalue weighted by Gasteiger charge is -2.24. The van der Waals surface area contributed by atoms with E-state index in [4.69, 9.17) is 4.42 Å². The molecule has 6 nitrogen and oxygen atoms in total. The molecule has 1 aromatic rings. The lowest BCUT2D eigenvalue weighted by Crippen LogP contribution is -2.50. The fourth-order valence-electron chi connectivity index (χ4n) is 3.63. The number of amides is 3. The van der Waals surface area contributed by atoms with E-state index in [2.05, 4.69) is 17.6 Å². The Morgan fingerprint density at radius 2 is 2.12 bits per heavy atom. The van der Waals surface area contributed by atoms with Crippen LogP contribution in [-0.4, -0.2) is 35.5 Å². The van der Waals surface area contributed by atoms with Crippen LogP contribution in [0.4, 0.5) is 4.79 Å². The van der Waals surface area contributed by atoms with E-state index in [0.717, 1.165) is 37.2 Å². The molecule has 1 aliphatic heterocycles. The van der Waals surface area contributed by atoms with E-state index in [0.29, 0.717) is 31.3 Å². The number of carbonyl (C=O) groups excluding carboxylic acids is 2. The normalized spacial score (nSPS) is 28.8. The standard InChI is InChI=1S/C19H27N3O3/c1-12-10-15(12)17-8-7-14(25-17)11-22(13-5-6-13)19(24)21-16-4-2-3-9-20-18(16)23/h7-8,12-13,15-16H,2-6,9-11H2,1H3,(H,20,23)(H,21,24)/t12-,15-,16+/m1/s1. The number of hydrogen-bond acceptors (Lipinski definition) is 3. The Balaban J connectivity index is 1.39. The van der Waals surface area contributed by atoms with Crippen molar-refractivity contribution >= 4 is 11.9 Å². The number of nitrogens with one attached hydrogen (secondary N) is 2. The molecule has 2 N–H and O–H groups in total. The molecule has 6 heteroatoms. The SMILES string of the molecule is C[C@@H]1C[C@H]1c1ccc(CN(C(=O)N[C@H]2CCCCNC2=O)C2CC2)o1. The lowest BCUT2D eigenvalue weighted by atomic mass is 10.1. The average Bonchev–Trinajstić information content (AvgIpc) is 3.51. The maximum atomic E-state index is 12.8. The van der Waals surface area contributed by atoms with Gasteiger partial charge >= 0.3 is 6.03 Å². The molecule has 1 aromatic heterocycles. The van der Waals surface area contributed by atoms with Crippen molar-refractivity contribution in [3.8, 4) is 0 Å². The summed E-state index contributed by atoms with van der Waals surface area (Å²) in [5.41, 5.74) is 0. The molecule has 3 fully saturated rings. The predicted octanol–water partition coefficient (Wildman–Crippen LogP) is 2.75. The Morgan fingerprint density at radius 3 is 2.84 bits per heavy atom. The van der Waals surface area contributed by atoms with Crippen molar-refractivity contribution in [3.05, 3.63) is 23.7 Å². The quantitative estimate of drug-likeness (QED) is 0.862. The number of nitrogens with zero attached hydrogens (tertiary/aromatic N) is 1. The largest absolute Gasteiger partial charge is 0.464 e. The molecule has 1 saturated heterocycles. The minimum absolute atomic E-state index is 0.0652. The summed E-state index contributed by atoms with van der Waals surface area (Å²) in [6.07, 6.45) is 5.87. The molecule has 25 heavy (non-hydrogen) atoms. The highest BCUT2D eigenvalue weighted by Gasteiger charge is 2.38. The fraction of sp³-hybridized carbons (Fsp3) is 0.684. The van der Waals surface area contributed by atoms with E-state index in [-0.39, 0.29) is 18.0 Å². The molecule has 136 valence electrons. The fourth-order valence-corrected chi connectivity index (χ4v) is 3.63. The molecule has 3 amide bonds. The van der Waals surface area contributed by atoms with E-state index in [9.17, 15) is 9.59 Å². The van der Waals surface area contributed by atoms with E-state index >= 15 is 0 Å². The van der Waals surface area contributed by atoms with Crippen molar-refractivity contribution in [2.45, 2.75) is 70.0 Å². The number of carbonyl (C=O) groups is 2. The highest BCUT2D eigenvalue weighted by atomic mass is 16.3. The van der Waals surface area contributed by atoms with Crippen LogP contribution in [0.5, 0.6) is 0 Å². The summed E-state index contributed by atoms with van der Waals surface area (Å²) >= 11 is 0. The molecule has 3 aliphatic rings. The Labute approximate surface area is 148 Å². The summed E-state index contributed by atoms with van der Waals surface area (Å²) in [5.74, 6) is 3.06. The second-order valence-electron chi connectivity index (χ2n) is 7.77. The van der Waals surface area contributed by atoms with Crippen LogP contribution in [0, 0.1) is 5.92 Å². The van der Waals surface area contributed by atoms with E-state index in [1.54, 1.807) is 0 Å². The highest BCUT2D eigenvalue weighted by molar-refractivity contribution is 5.87. The number of rotatable bonds is 5. The van der Waals surface area contributed by atoms with Gasteiger partial charge in [0, 0.05) is 18.5 Å². The topological polar surface area (TPSA) is 74.6 Å². The molecule has 4 rings (SSSR count). The van der Waals surface area contributed by atoms with Crippen molar-refractivity contribution in [2.24, 2.45) is 5.92 Å². The molecule has 0 radical (unpaired) electrons. The Hall–Kier alpha value is -1.98. The summed E-state index contributed by atoms with van der Waals surface area (Å²) < 4.78 is 5.97. The monoisotopic (exact) mass is 345 g/mol. The summed E-state index contributed by atoms with van der Waals surface area (Å²) in [6.45, 7) is 3.41. The van der Waals surface area contributed by atoms with Crippen LogP contribution in [-0.2, 0) is 11.3 Å². The van der Waals surface area contributed by atoms with Gasteiger partial charge in [0.05, 0.1) is 6.54 Å². The zero-order chi connectivity index (χ0) is 17.4. The number of furan rings is 1. The van der Waals surface area contributed by atoms with Crippen LogP contribution in [0.15, 0.2) is 16.5 Å². The van der Waals surface area contributed by atoms with Gasteiger partial charge in [0.1, 0.15) is 17.6 Å². The van der Waals surface area contributed by atoms with Gasteiger partial charge in [-0.25, -0.2) is 4.79 Å². The number of hydrogen-bond donors (Lipinski definition) is 2. The van der Waals surface area contributed by atoms with Crippen LogP contribution in [0.2, 0.25) is 0 Å². The van der Waals surface area contributed by atoms with Crippen LogP contribution in [0.3, 0.4) is 0 Å². The van der Waals surface area contributed by atoms with Gasteiger partial charge in [-0.2, -0.15) is 0 Å². The van der Waals surface area contributed by atoms with Crippen molar-refractivity contribution in [2.75, 3.05) is 6.54 Å². The Morgan fingerprint density at radius 1 is 1.32 bits per heavy atom. The molecule has 0 unspecified atom stereocenters. The predicted molar refractivity (Wildman–Crippen MR) is 93.0 cm³/mol. The summed E-state index contributed by atoms with van der Waals surface area (Å²) in [7, 11) is 0. The summed E-state index contributed by atoms with van der Waals surface area (Å²) in [4.78, 5) is 26.7. The van der Waals surface area contributed by atoms with Gasteiger partial charge in [-0.05, 0) is 56.6 Å². The van der Waals surface area contributed by atoms with Crippen molar-refractivity contribution < 1.29 is 14.0 Å². The molecule has 2 aliphatic carbocycles. The maximum Gasteiger partial charge on any atom is 0.318 e. The summed E-state index contributed by atoms with van der Waals surface area (Å²) in [5, 5.41) is 5.80. The van der Waals surface area contributed by atoms with Crippen LogP contribution >= 0.6 is 0 Å². The molecule has 0 spiro atoms. The third-order valence-electron chi connectivity index (χ3n) is 5.57. The highest BCUT2D eigenvalue weighted by Crippen LogP contribution is 2.47. The van der Waals surface area contributed by atoms with Crippen LogP contribution in [0.25, 0.3) is 0 Å². The van der Waals surface area contributed by atoms with Gasteiger partial charge in [0.2, 0.25) is 5.91 Å². The van der Waals surface area contributed by atoms with Crippen molar-refractivity contribution in [1.29, 1.82) is 0 Å². The average molecular weight is 345 g/mol. The van der Waals surface area contributed by atoms with Crippen LogP contribution in [0.1, 0.15) is 62.9 Å². The van der Waals surface area contributed by atoms with E-state index in [1.807, 2.05) is 17.0 Å². The van der Waals surface area contributed by atoms with E-state index in [1.165, 1.54) is 6.42 Å². The molecule has 0 aromatic carbocycles. The van der Waals surface area contributed by atoms with Crippen LogP contribution < -0.4 is 10.6 Å². The van der Waals surface area contributed by atoms with Gasteiger partial charge in [-0.1, -0.05) is 6.92 Å². The Bertz CT molecular complexity index is 652. The lowest BCUT2D eigenvalue weighted by molar-refractivity contribution is -0.122. The second-order valence-corrected chi connectivity index (χ2v) is 7.77. The molecular formula is C19H27N3O3. The maximum absolute atomic E-state index is 12.8.